The van der Waals surface area contributed by atoms with Crippen molar-refractivity contribution in [3.05, 3.63) is 71.9 Å². The van der Waals surface area contributed by atoms with Gasteiger partial charge >= 0.3 is 0 Å². The Balaban J connectivity index is 1.66. The molecule has 1 N–H and O–H groups in total. The van der Waals surface area contributed by atoms with E-state index in [1.165, 1.54) is 29.8 Å². The summed E-state index contributed by atoms with van der Waals surface area (Å²) < 4.78 is 0. The van der Waals surface area contributed by atoms with E-state index in [1.807, 2.05) is 24.7 Å². The monoisotopic (exact) mass is 332 g/mol. The number of nitrogens with one attached hydrogen (secondary N) is 1. The van der Waals surface area contributed by atoms with Crippen LogP contribution >= 0.6 is 0 Å². The molecule has 0 radical (unpaired) electrons. The molecule has 1 aromatic carbocycles. The summed E-state index contributed by atoms with van der Waals surface area (Å²) in [7, 11) is 0. The first-order valence-electron chi connectivity index (χ1n) is 9.14. The fourth-order valence-corrected chi connectivity index (χ4v) is 3.67. The number of hydrogen-bond donors (Lipinski definition) is 1. The Hall–Kier alpha value is -2.46. The van der Waals surface area contributed by atoms with Crippen LogP contribution < -0.4 is 0 Å². The highest BCUT2D eigenvalue weighted by Crippen LogP contribution is 2.34. The van der Waals surface area contributed by atoms with Gasteiger partial charge in [-0.15, -0.1) is 0 Å². The Labute approximate surface area is 149 Å². The van der Waals surface area contributed by atoms with Crippen LogP contribution in [0, 0.1) is 0 Å². The fourth-order valence-electron chi connectivity index (χ4n) is 3.67. The molecular weight excluding hydrogens is 308 g/mol. The molecule has 0 fully saturated rings. The Bertz CT molecular complexity index is 807. The van der Waals surface area contributed by atoms with Gasteiger partial charge in [-0.1, -0.05) is 43.7 Å². The quantitative estimate of drug-likeness (QED) is 0.761. The molecule has 0 saturated heterocycles. The van der Waals surface area contributed by atoms with Gasteiger partial charge in [-0.05, 0) is 30.7 Å². The maximum Gasteiger partial charge on any atom is 0.0926 e. The molecular formula is C21H24N4. The van der Waals surface area contributed by atoms with Crippen LogP contribution in [-0.2, 0) is 6.42 Å². The molecule has 3 heterocycles. The topological polar surface area (TPSA) is 44.8 Å². The maximum atomic E-state index is 4.64. The van der Waals surface area contributed by atoms with Gasteiger partial charge in [-0.25, -0.2) is 4.98 Å². The van der Waals surface area contributed by atoms with Crippen LogP contribution in [0.5, 0.6) is 0 Å². The summed E-state index contributed by atoms with van der Waals surface area (Å²) in [6.45, 7) is 4.46. The zero-order valence-electron chi connectivity index (χ0n) is 14.7. The number of aromatic amines is 1. The third-order valence-electron chi connectivity index (χ3n) is 5.01. The standard InChI is InChI=1S/C21H24N4/c1-2-3-13-25-14-11-19-20(24-15-23-19)21(25)17-9-7-16(8-10-17)18-6-4-5-12-22-18/h4-10,12,15,21H,2-3,11,13-14H2,1H3,(H,23,24)/t21-/m0/s1. The largest absolute Gasteiger partial charge is 0.348 e. The second-order valence-electron chi connectivity index (χ2n) is 6.65. The minimum absolute atomic E-state index is 0.249. The summed E-state index contributed by atoms with van der Waals surface area (Å²) >= 11 is 0. The van der Waals surface area contributed by atoms with Gasteiger partial charge in [0.2, 0.25) is 0 Å². The van der Waals surface area contributed by atoms with E-state index in [0.29, 0.717) is 0 Å². The minimum Gasteiger partial charge on any atom is -0.348 e. The maximum absolute atomic E-state index is 4.64. The van der Waals surface area contributed by atoms with E-state index in [-0.39, 0.29) is 6.04 Å². The van der Waals surface area contributed by atoms with Gasteiger partial charge in [0, 0.05) is 30.4 Å². The van der Waals surface area contributed by atoms with E-state index in [4.69, 9.17) is 0 Å². The Morgan fingerprint density at radius 1 is 1.12 bits per heavy atom. The van der Waals surface area contributed by atoms with Crippen LogP contribution in [0.1, 0.15) is 42.8 Å². The molecule has 4 heteroatoms. The van der Waals surface area contributed by atoms with E-state index < -0.39 is 0 Å². The Kier molecular flexibility index (Phi) is 4.61. The van der Waals surface area contributed by atoms with E-state index in [2.05, 4.69) is 57.1 Å². The number of H-pyrrole nitrogens is 1. The summed E-state index contributed by atoms with van der Waals surface area (Å²) in [5.41, 5.74) is 5.95. The van der Waals surface area contributed by atoms with E-state index in [9.17, 15) is 0 Å². The van der Waals surface area contributed by atoms with Crippen LogP contribution in [0.15, 0.2) is 55.0 Å². The molecule has 0 saturated carbocycles. The highest BCUT2D eigenvalue weighted by molar-refractivity contribution is 5.59. The van der Waals surface area contributed by atoms with Crippen LogP contribution in [0.2, 0.25) is 0 Å². The number of benzene rings is 1. The van der Waals surface area contributed by atoms with E-state index in [0.717, 1.165) is 30.8 Å². The van der Waals surface area contributed by atoms with Gasteiger partial charge in [0.15, 0.2) is 0 Å². The highest BCUT2D eigenvalue weighted by atomic mass is 15.2. The number of aromatic nitrogens is 3. The fraction of sp³-hybridized carbons (Fsp3) is 0.333. The lowest BCUT2D eigenvalue weighted by Crippen LogP contribution is -2.36. The summed E-state index contributed by atoms with van der Waals surface area (Å²) in [6, 6.07) is 15.1. The molecule has 0 aliphatic carbocycles. The van der Waals surface area contributed by atoms with Gasteiger partial charge in [0.1, 0.15) is 0 Å². The molecule has 2 aromatic heterocycles. The van der Waals surface area contributed by atoms with Crippen LogP contribution in [0.4, 0.5) is 0 Å². The summed E-state index contributed by atoms with van der Waals surface area (Å²) in [6.07, 6.45) is 7.18. The van der Waals surface area contributed by atoms with E-state index >= 15 is 0 Å². The average Bonchev–Trinajstić information content (AvgIpc) is 3.15. The SMILES string of the molecule is CCCCN1CCc2[nH]cnc2[C@@H]1c1ccc(-c2ccccn2)cc1. The first kappa shape index (κ1) is 16.0. The summed E-state index contributed by atoms with van der Waals surface area (Å²) in [4.78, 5) is 15.0. The van der Waals surface area contributed by atoms with Crippen molar-refractivity contribution in [2.75, 3.05) is 13.1 Å². The van der Waals surface area contributed by atoms with Crippen molar-refractivity contribution >= 4 is 0 Å². The third-order valence-corrected chi connectivity index (χ3v) is 5.01. The first-order chi connectivity index (χ1) is 12.4. The molecule has 0 unspecified atom stereocenters. The second kappa shape index (κ2) is 7.19. The van der Waals surface area contributed by atoms with Crippen molar-refractivity contribution in [2.45, 2.75) is 32.2 Å². The van der Waals surface area contributed by atoms with Crippen molar-refractivity contribution in [2.24, 2.45) is 0 Å². The van der Waals surface area contributed by atoms with Gasteiger partial charge in [-0.3, -0.25) is 9.88 Å². The highest BCUT2D eigenvalue weighted by Gasteiger charge is 2.30. The lowest BCUT2D eigenvalue weighted by atomic mass is 9.94. The molecule has 3 aromatic rings. The average molecular weight is 332 g/mol. The predicted octanol–water partition coefficient (Wildman–Crippen LogP) is 4.22. The minimum atomic E-state index is 0.249. The van der Waals surface area contributed by atoms with Gasteiger partial charge < -0.3 is 4.98 Å². The molecule has 0 spiro atoms. The summed E-state index contributed by atoms with van der Waals surface area (Å²) in [5.74, 6) is 0. The molecule has 4 nitrogen and oxygen atoms in total. The number of unbranched alkanes of at least 4 members (excludes halogenated alkanes) is 1. The molecule has 1 atom stereocenters. The zero-order chi connectivity index (χ0) is 17.1. The molecule has 1 aliphatic heterocycles. The van der Waals surface area contributed by atoms with Crippen LogP contribution in [-0.4, -0.2) is 32.9 Å². The third kappa shape index (κ3) is 3.22. The molecule has 1 aliphatic rings. The van der Waals surface area contributed by atoms with Gasteiger partial charge in [-0.2, -0.15) is 0 Å². The first-order valence-corrected chi connectivity index (χ1v) is 9.14. The predicted molar refractivity (Wildman–Crippen MR) is 100 cm³/mol. The molecule has 128 valence electrons. The van der Waals surface area contributed by atoms with Gasteiger partial charge in [0.05, 0.1) is 23.8 Å². The van der Waals surface area contributed by atoms with Crippen LogP contribution in [0.3, 0.4) is 0 Å². The summed E-state index contributed by atoms with van der Waals surface area (Å²) in [5, 5.41) is 0. The van der Waals surface area contributed by atoms with E-state index in [1.54, 1.807) is 0 Å². The number of hydrogen-bond acceptors (Lipinski definition) is 3. The lowest BCUT2D eigenvalue weighted by Gasteiger charge is -2.35. The van der Waals surface area contributed by atoms with Crippen LogP contribution in [0.25, 0.3) is 11.3 Å². The second-order valence-corrected chi connectivity index (χ2v) is 6.65. The number of fused-ring (bicyclic) bond motifs is 1. The zero-order valence-corrected chi connectivity index (χ0v) is 14.7. The van der Waals surface area contributed by atoms with Gasteiger partial charge in [0.25, 0.3) is 0 Å². The number of pyridine rings is 1. The number of imidazole rings is 1. The smallest absolute Gasteiger partial charge is 0.0926 e. The van der Waals surface area contributed by atoms with Crippen molar-refractivity contribution in [1.82, 2.24) is 19.9 Å². The molecule has 4 rings (SSSR count). The Morgan fingerprint density at radius 3 is 2.76 bits per heavy atom. The Morgan fingerprint density at radius 2 is 2.00 bits per heavy atom. The van der Waals surface area contributed by atoms with Crippen molar-refractivity contribution in [3.8, 4) is 11.3 Å². The molecule has 0 amide bonds. The molecule has 25 heavy (non-hydrogen) atoms. The lowest BCUT2D eigenvalue weighted by molar-refractivity contribution is 0.206. The normalized spacial score (nSPS) is 17.4. The van der Waals surface area contributed by atoms with Crippen molar-refractivity contribution in [3.63, 3.8) is 0 Å². The molecule has 0 bridgehead atoms. The number of rotatable bonds is 5. The van der Waals surface area contributed by atoms with Crippen molar-refractivity contribution in [1.29, 1.82) is 0 Å². The van der Waals surface area contributed by atoms with Crippen molar-refractivity contribution < 1.29 is 0 Å². The number of nitrogens with zero attached hydrogens (tertiary/aromatic N) is 3.